The first kappa shape index (κ1) is 10.6. The van der Waals surface area contributed by atoms with Crippen LogP contribution in [0.2, 0.25) is 0 Å². The Hall–Kier alpha value is -1.88. The SMILES string of the molecule is COC(=O)CNCc1cnn2ccccc12. The summed E-state index contributed by atoms with van der Waals surface area (Å²) in [6.45, 7) is 0.809. The number of aromatic nitrogens is 2. The van der Waals surface area contributed by atoms with Gasteiger partial charge in [-0.15, -0.1) is 0 Å². The molecule has 5 nitrogen and oxygen atoms in total. The van der Waals surface area contributed by atoms with Gasteiger partial charge in [0, 0.05) is 18.3 Å². The van der Waals surface area contributed by atoms with Crippen LogP contribution in [0.4, 0.5) is 0 Å². The number of fused-ring (bicyclic) bond motifs is 1. The zero-order valence-corrected chi connectivity index (χ0v) is 9.01. The monoisotopic (exact) mass is 219 g/mol. The molecule has 5 heteroatoms. The minimum Gasteiger partial charge on any atom is -0.468 e. The maximum atomic E-state index is 10.9. The van der Waals surface area contributed by atoms with Crippen molar-refractivity contribution in [1.82, 2.24) is 14.9 Å². The number of rotatable bonds is 4. The van der Waals surface area contributed by atoms with Gasteiger partial charge in [0.1, 0.15) is 0 Å². The van der Waals surface area contributed by atoms with E-state index >= 15 is 0 Å². The van der Waals surface area contributed by atoms with Crippen LogP contribution >= 0.6 is 0 Å². The van der Waals surface area contributed by atoms with Gasteiger partial charge in [0.15, 0.2) is 0 Å². The molecule has 1 N–H and O–H groups in total. The molecule has 0 unspecified atom stereocenters. The van der Waals surface area contributed by atoms with Crippen molar-refractivity contribution in [3.05, 3.63) is 36.2 Å². The molecule has 2 rings (SSSR count). The van der Waals surface area contributed by atoms with Gasteiger partial charge in [-0.1, -0.05) is 6.07 Å². The topological polar surface area (TPSA) is 55.6 Å². The van der Waals surface area contributed by atoms with E-state index in [0.29, 0.717) is 6.54 Å². The number of hydrogen-bond donors (Lipinski definition) is 1. The Morgan fingerprint density at radius 1 is 1.56 bits per heavy atom. The van der Waals surface area contributed by atoms with E-state index < -0.39 is 0 Å². The highest BCUT2D eigenvalue weighted by Crippen LogP contribution is 2.08. The second-order valence-corrected chi connectivity index (χ2v) is 3.38. The molecule has 2 heterocycles. The molecule has 0 aromatic carbocycles. The van der Waals surface area contributed by atoms with Gasteiger partial charge in [-0.05, 0) is 12.1 Å². The molecular formula is C11H13N3O2. The quantitative estimate of drug-likeness (QED) is 0.765. The smallest absolute Gasteiger partial charge is 0.319 e. The van der Waals surface area contributed by atoms with Crippen LogP contribution < -0.4 is 5.32 Å². The molecule has 0 bridgehead atoms. The molecule has 84 valence electrons. The summed E-state index contributed by atoms with van der Waals surface area (Å²) in [5, 5.41) is 7.20. The zero-order valence-electron chi connectivity index (χ0n) is 9.01. The number of carbonyl (C=O) groups is 1. The van der Waals surface area contributed by atoms with Crippen molar-refractivity contribution in [2.45, 2.75) is 6.54 Å². The van der Waals surface area contributed by atoms with E-state index in [0.717, 1.165) is 11.1 Å². The van der Waals surface area contributed by atoms with E-state index in [1.54, 1.807) is 10.7 Å². The van der Waals surface area contributed by atoms with Gasteiger partial charge >= 0.3 is 5.97 Å². The summed E-state index contributed by atoms with van der Waals surface area (Å²) in [7, 11) is 1.37. The van der Waals surface area contributed by atoms with E-state index in [9.17, 15) is 4.79 Å². The summed E-state index contributed by atoms with van der Waals surface area (Å²) in [4.78, 5) is 10.9. The van der Waals surface area contributed by atoms with E-state index in [1.165, 1.54) is 7.11 Å². The largest absolute Gasteiger partial charge is 0.468 e. The van der Waals surface area contributed by atoms with Crippen LogP contribution in [0, 0.1) is 0 Å². The molecule has 0 atom stereocenters. The molecule has 0 saturated carbocycles. The molecule has 0 saturated heterocycles. The average molecular weight is 219 g/mol. The number of ether oxygens (including phenoxy) is 1. The van der Waals surface area contributed by atoms with Crippen molar-refractivity contribution in [2.75, 3.05) is 13.7 Å². The maximum Gasteiger partial charge on any atom is 0.319 e. The van der Waals surface area contributed by atoms with Crippen LogP contribution in [0.3, 0.4) is 0 Å². The van der Waals surface area contributed by atoms with Crippen LogP contribution in [0.1, 0.15) is 5.56 Å². The molecule has 0 fully saturated rings. The Morgan fingerprint density at radius 3 is 3.25 bits per heavy atom. The number of nitrogens with zero attached hydrogens (tertiary/aromatic N) is 2. The van der Waals surface area contributed by atoms with Crippen molar-refractivity contribution < 1.29 is 9.53 Å². The lowest BCUT2D eigenvalue weighted by Gasteiger charge is -2.01. The lowest BCUT2D eigenvalue weighted by Crippen LogP contribution is -2.23. The van der Waals surface area contributed by atoms with Gasteiger partial charge < -0.3 is 10.1 Å². The molecule has 0 spiro atoms. The van der Waals surface area contributed by atoms with Crippen molar-refractivity contribution in [3.8, 4) is 0 Å². The molecule has 0 aliphatic carbocycles. The molecule has 2 aromatic rings. The highest BCUT2D eigenvalue weighted by atomic mass is 16.5. The van der Waals surface area contributed by atoms with Crippen LogP contribution in [-0.2, 0) is 16.1 Å². The minimum atomic E-state index is -0.267. The van der Waals surface area contributed by atoms with Crippen molar-refractivity contribution in [1.29, 1.82) is 0 Å². The lowest BCUT2D eigenvalue weighted by molar-refractivity contribution is -0.139. The third-order valence-corrected chi connectivity index (χ3v) is 2.32. The Labute approximate surface area is 93.0 Å². The molecular weight excluding hydrogens is 206 g/mol. The summed E-state index contributed by atoms with van der Waals surface area (Å²) < 4.78 is 6.34. The molecule has 0 amide bonds. The zero-order chi connectivity index (χ0) is 11.4. The summed E-state index contributed by atoms with van der Waals surface area (Å²) >= 11 is 0. The van der Waals surface area contributed by atoms with E-state index in [4.69, 9.17) is 0 Å². The molecule has 16 heavy (non-hydrogen) atoms. The maximum absolute atomic E-state index is 10.9. The Morgan fingerprint density at radius 2 is 2.44 bits per heavy atom. The average Bonchev–Trinajstić information content (AvgIpc) is 2.73. The second-order valence-electron chi connectivity index (χ2n) is 3.38. The molecule has 0 aliphatic heterocycles. The fraction of sp³-hybridized carbons (Fsp3) is 0.273. The Balaban J connectivity index is 2.02. The number of carbonyl (C=O) groups excluding carboxylic acids is 1. The summed E-state index contributed by atoms with van der Waals surface area (Å²) in [6.07, 6.45) is 3.68. The lowest BCUT2D eigenvalue weighted by atomic mass is 10.2. The first-order chi connectivity index (χ1) is 7.81. The molecule has 0 aliphatic rings. The van der Waals surface area contributed by atoms with Crippen molar-refractivity contribution in [3.63, 3.8) is 0 Å². The standard InChI is InChI=1S/C11H13N3O2/c1-16-11(15)8-12-6-9-7-13-14-5-3-2-4-10(9)14/h2-5,7,12H,6,8H2,1H3. The Bertz CT molecular complexity index is 493. The number of nitrogens with one attached hydrogen (secondary N) is 1. The number of methoxy groups -OCH3 is 1. The van der Waals surface area contributed by atoms with E-state index in [-0.39, 0.29) is 12.5 Å². The van der Waals surface area contributed by atoms with Gasteiger partial charge in [0.2, 0.25) is 0 Å². The fourth-order valence-corrected chi connectivity index (χ4v) is 1.50. The highest BCUT2D eigenvalue weighted by Gasteiger charge is 2.04. The number of pyridine rings is 1. The van der Waals surface area contributed by atoms with Crippen molar-refractivity contribution >= 4 is 11.5 Å². The number of esters is 1. The van der Waals surface area contributed by atoms with Crippen molar-refractivity contribution in [2.24, 2.45) is 0 Å². The summed E-state index contributed by atoms with van der Waals surface area (Å²) in [5.41, 5.74) is 2.10. The Kier molecular flexibility index (Phi) is 3.16. The highest BCUT2D eigenvalue weighted by molar-refractivity contribution is 5.71. The van der Waals surface area contributed by atoms with Gasteiger partial charge in [-0.25, -0.2) is 4.52 Å². The predicted octanol–water partition coefficient (Wildman–Crippen LogP) is 0.597. The third kappa shape index (κ3) is 2.20. The van der Waals surface area contributed by atoms with Gasteiger partial charge in [-0.3, -0.25) is 4.79 Å². The van der Waals surface area contributed by atoms with Gasteiger partial charge in [-0.2, -0.15) is 5.10 Å². The van der Waals surface area contributed by atoms with Crippen LogP contribution in [0.5, 0.6) is 0 Å². The van der Waals surface area contributed by atoms with Crippen LogP contribution in [0.25, 0.3) is 5.52 Å². The third-order valence-electron chi connectivity index (χ3n) is 2.32. The minimum absolute atomic E-state index is 0.209. The van der Waals surface area contributed by atoms with Crippen LogP contribution in [-0.4, -0.2) is 29.2 Å². The predicted molar refractivity (Wildman–Crippen MR) is 58.9 cm³/mol. The fourth-order valence-electron chi connectivity index (χ4n) is 1.50. The normalized spacial score (nSPS) is 10.6. The molecule has 0 radical (unpaired) electrons. The second kappa shape index (κ2) is 4.76. The number of hydrogen-bond acceptors (Lipinski definition) is 4. The van der Waals surface area contributed by atoms with E-state index in [2.05, 4.69) is 15.2 Å². The summed E-state index contributed by atoms with van der Waals surface area (Å²) in [5.74, 6) is -0.267. The first-order valence-corrected chi connectivity index (χ1v) is 5.00. The first-order valence-electron chi connectivity index (χ1n) is 5.00. The van der Waals surface area contributed by atoms with E-state index in [1.807, 2.05) is 24.4 Å². The molecule has 2 aromatic heterocycles. The summed E-state index contributed by atoms with van der Waals surface area (Å²) in [6, 6.07) is 5.87. The van der Waals surface area contributed by atoms with Gasteiger partial charge in [0.25, 0.3) is 0 Å². The van der Waals surface area contributed by atoms with Crippen LogP contribution in [0.15, 0.2) is 30.6 Å². The van der Waals surface area contributed by atoms with Gasteiger partial charge in [0.05, 0.1) is 25.4 Å².